The molecular weight excluding hydrogens is 352 g/mol. The predicted molar refractivity (Wildman–Crippen MR) is 101 cm³/mol. The molecule has 144 valence electrons. The van der Waals surface area contributed by atoms with Gasteiger partial charge in [0, 0.05) is 23.7 Å². The first-order valence-corrected chi connectivity index (χ1v) is 9.63. The Morgan fingerprint density at radius 3 is 2.38 bits per heavy atom. The summed E-state index contributed by atoms with van der Waals surface area (Å²) in [4.78, 5) is 14.9. The molecule has 0 spiro atoms. The molecule has 0 saturated carbocycles. The molecule has 1 aromatic rings. The number of piperidine rings is 1. The summed E-state index contributed by atoms with van der Waals surface area (Å²) in [5, 5.41) is 12.0. The van der Waals surface area contributed by atoms with Crippen molar-refractivity contribution in [3.05, 3.63) is 23.0 Å². The summed E-state index contributed by atoms with van der Waals surface area (Å²) in [5.41, 5.74) is 0.0229. The van der Waals surface area contributed by atoms with Crippen LogP contribution in [-0.2, 0) is 11.3 Å². The molecule has 7 heteroatoms. The standard InChI is InChI=1S/C19H29ClN4O2/c1-17(2,3)26-16(25)24-18(4)8-9-19(24,5)11-14(10-18)21-12-13-6-7-15(20)23-22-13/h6-7,14,21H,8-12H2,1-5H3. The summed E-state index contributed by atoms with van der Waals surface area (Å²) in [5.74, 6) is 0. The van der Waals surface area contributed by atoms with Gasteiger partial charge in [-0.3, -0.25) is 4.90 Å². The molecule has 0 aromatic carbocycles. The molecule has 2 bridgehead atoms. The van der Waals surface area contributed by atoms with Crippen molar-refractivity contribution in [3.63, 3.8) is 0 Å². The van der Waals surface area contributed by atoms with Crippen LogP contribution in [0.2, 0.25) is 5.15 Å². The van der Waals surface area contributed by atoms with Gasteiger partial charge < -0.3 is 10.1 Å². The molecule has 26 heavy (non-hydrogen) atoms. The van der Waals surface area contributed by atoms with Crippen LogP contribution in [0.3, 0.4) is 0 Å². The highest BCUT2D eigenvalue weighted by Crippen LogP contribution is 2.51. The first-order chi connectivity index (χ1) is 12.0. The van der Waals surface area contributed by atoms with Gasteiger partial charge in [-0.1, -0.05) is 11.6 Å². The first-order valence-electron chi connectivity index (χ1n) is 9.26. The van der Waals surface area contributed by atoms with Crippen molar-refractivity contribution >= 4 is 17.7 Å². The van der Waals surface area contributed by atoms with Crippen LogP contribution in [0.15, 0.2) is 12.1 Å². The Hall–Kier alpha value is -1.40. The lowest BCUT2D eigenvalue weighted by atomic mass is 9.82. The summed E-state index contributed by atoms with van der Waals surface area (Å²) < 4.78 is 5.70. The van der Waals surface area contributed by atoms with Crippen LogP contribution in [0.4, 0.5) is 4.79 Å². The zero-order chi connectivity index (χ0) is 19.2. The monoisotopic (exact) mass is 380 g/mol. The summed E-state index contributed by atoms with van der Waals surface area (Å²) >= 11 is 5.79. The molecule has 2 aliphatic rings. The average molecular weight is 381 g/mol. The van der Waals surface area contributed by atoms with E-state index in [2.05, 4.69) is 29.4 Å². The van der Waals surface area contributed by atoms with Crippen molar-refractivity contribution in [1.29, 1.82) is 0 Å². The maximum atomic E-state index is 12.9. The number of rotatable bonds is 3. The Balaban J connectivity index is 1.69. The van der Waals surface area contributed by atoms with E-state index < -0.39 is 5.60 Å². The highest BCUT2D eigenvalue weighted by molar-refractivity contribution is 6.29. The second-order valence-corrected chi connectivity index (χ2v) is 9.53. The van der Waals surface area contributed by atoms with Gasteiger partial charge in [-0.15, -0.1) is 5.10 Å². The number of halogens is 1. The van der Waals surface area contributed by atoms with Crippen LogP contribution in [0, 0.1) is 0 Å². The summed E-state index contributed by atoms with van der Waals surface area (Å²) in [6.07, 6.45) is 3.62. The quantitative estimate of drug-likeness (QED) is 0.860. The Bertz CT molecular complexity index is 655. The fourth-order valence-electron chi connectivity index (χ4n) is 4.51. The molecule has 2 saturated heterocycles. The number of carbonyl (C=O) groups excluding carboxylic acids is 1. The largest absolute Gasteiger partial charge is 0.444 e. The molecule has 6 nitrogen and oxygen atoms in total. The SMILES string of the molecule is CC(C)(C)OC(=O)N1C2(C)CCC1(C)CC(NCc1ccc(Cl)nn1)C2. The average Bonchev–Trinajstić information content (AvgIpc) is 2.67. The molecule has 3 rings (SSSR count). The van der Waals surface area contributed by atoms with Crippen molar-refractivity contribution in [2.75, 3.05) is 0 Å². The van der Waals surface area contributed by atoms with Gasteiger partial charge in [0.2, 0.25) is 0 Å². The number of fused-ring (bicyclic) bond motifs is 2. The van der Waals surface area contributed by atoms with E-state index in [4.69, 9.17) is 16.3 Å². The number of nitrogens with one attached hydrogen (secondary N) is 1. The van der Waals surface area contributed by atoms with Gasteiger partial charge >= 0.3 is 6.09 Å². The maximum absolute atomic E-state index is 12.9. The zero-order valence-electron chi connectivity index (χ0n) is 16.3. The first kappa shape index (κ1) is 19.4. The number of nitrogens with zero attached hydrogens (tertiary/aromatic N) is 3. The Morgan fingerprint density at radius 2 is 1.88 bits per heavy atom. The van der Waals surface area contributed by atoms with Gasteiger partial charge in [0.25, 0.3) is 0 Å². The van der Waals surface area contributed by atoms with Gasteiger partial charge in [0.05, 0.1) is 5.69 Å². The fraction of sp³-hybridized carbons (Fsp3) is 0.737. The van der Waals surface area contributed by atoms with E-state index in [9.17, 15) is 4.79 Å². The Morgan fingerprint density at radius 1 is 1.27 bits per heavy atom. The van der Waals surface area contributed by atoms with E-state index in [0.29, 0.717) is 17.7 Å². The smallest absolute Gasteiger partial charge is 0.411 e. The molecular formula is C19H29ClN4O2. The highest BCUT2D eigenvalue weighted by atomic mass is 35.5. The third-order valence-corrected chi connectivity index (χ3v) is 5.69. The molecule has 2 fully saturated rings. The minimum Gasteiger partial charge on any atom is -0.444 e. The third-order valence-electron chi connectivity index (χ3n) is 5.49. The lowest BCUT2D eigenvalue weighted by Crippen LogP contribution is -2.63. The second kappa shape index (κ2) is 6.64. The van der Waals surface area contributed by atoms with Crippen molar-refractivity contribution in [1.82, 2.24) is 20.4 Å². The summed E-state index contributed by atoms with van der Waals surface area (Å²) in [6.45, 7) is 10.8. The number of amides is 1. The lowest BCUT2D eigenvalue weighted by Gasteiger charge is -2.51. The zero-order valence-corrected chi connectivity index (χ0v) is 17.1. The number of ether oxygens (including phenoxy) is 1. The van der Waals surface area contributed by atoms with Crippen LogP contribution >= 0.6 is 11.6 Å². The molecule has 1 amide bonds. The summed E-state index contributed by atoms with van der Waals surface area (Å²) in [7, 11) is 0. The second-order valence-electron chi connectivity index (χ2n) is 9.14. The van der Waals surface area contributed by atoms with E-state index in [1.165, 1.54) is 0 Å². The lowest BCUT2D eigenvalue weighted by molar-refractivity contribution is -0.0384. The third kappa shape index (κ3) is 3.96. The maximum Gasteiger partial charge on any atom is 0.411 e. The fourth-order valence-corrected chi connectivity index (χ4v) is 4.61. The summed E-state index contributed by atoms with van der Waals surface area (Å²) in [6, 6.07) is 3.96. The van der Waals surface area contributed by atoms with Crippen molar-refractivity contribution in [2.45, 2.75) is 89.6 Å². The van der Waals surface area contributed by atoms with E-state index in [1.54, 1.807) is 6.07 Å². The number of hydrogen-bond acceptors (Lipinski definition) is 5. The van der Waals surface area contributed by atoms with Crippen LogP contribution in [0.5, 0.6) is 0 Å². The number of hydrogen-bond donors (Lipinski definition) is 1. The highest BCUT2D eigenvalue weighted by Gasteiger charge is 2.58. The van der Waals surface area contributed by atoms with E-state index in [-0.39, 0.29) is 17.2 Å². The van der Waals surface area contributed by atoms with Gasteiger partial charge in [0.15, 0.2) is 5.15 Å². The van der Waals surface area contributed by atoms with Gasteiger partial charge in [-0.2, -0.15) is 5.10 Å². The molecule has 2 unspecified atom stereocenters. The molecule has 1 N–H and O–H groups in total. The van der Waals surface area contributed by atoms with Crippen LogP contribution in [0.1, 0.15) is 66.0 Å². The predicted octanol–water partition coefficient (Wildman–Crippen LogP) is 3.93. The number of carbonyl (C=O) groups is 1. The van der Waals surface area contributed by atoms with E-state index in [1.807, 2.05) is 31.7 Å². The van der Waals surface area contributed by atoms with E-state index >= 15 is 0 Å². The Kier molecular flexibility index (Phi) is 4.95. The van der Waals surface area contributed by atoms with Crippen molar-refractivity contribution in [2.24, 2.45) is 0 Å². The van der Waals surface area contributed by atoms with Gasteiger partial charge in [-0.25, -0.2) is 4.79 Å². The minimum absolute atomic E-state index is 0.182. The van der Waals surface area contributed by atoms with Crippen molar-refractivity contribution < 1.29 is 9.53 Å². The van der Waals surface area contributed by atoms with Crippen molar-refractivity contribution in [3.8, 4) is 0 Å². The normalized spacial score (nSPS) is 31.2. The molecule has 3 heterocycles. The Labute approximate surface area is 160 Å². The van der Waals surface area contributed by atoms with Gasteiger partial charge in [0.1, 0.15) is 5.60 Å². The van der Waals surface area contributed by atoms with Crippen LogP contribution in [-0.4, -0.2) is 43.9 Å². The minimum atomic E-state index is -0.481. The van der Waals surface area contributed by atoms with Gasteiger partial charge in [-0.05, 0) is 72.4 Å². The number of aromatic nitrogens is 2. The topological polar surface area (TPSA) is 67.3 Å². The molecule has 0 radical (unpaired) electrons. The van der Waals surface area contributed by atoms with Crippen LogP contribution < -0.4 is 5.32 Å². The molecule has 1 aromatic heterocycles. The molecule has 2 aliphatic heterocycles. The molecule has 2 atom stereocenters. The van der Waals surface area contributed by atoms with Crippen LogP contribution in [0.25, 0.3) is 0 Å². The van der Waals surface area contributed by atoms with E-state index in [0.717, 1.165) is 31.4 Å². The molecule has 0 aliphatic carbocycles.